The van der Waals surface area contributed by atoms with Crippen molar-refractivity contribution in [3.05, 3.63) is 11.7 Å². The van der Waals surface area contributed by atoms with Gasteiger partial charge in [0.05, 0.1) is 5.92 Å². The number of aromatic nitrogens is 2. The van der Waals surface area contributed by atoms with E-state index in [2.05, 4.69) is 15.5 Å². The third-order valence-corrected chi connectivity index (χ3v) is 2.49. The summed E-state index contributed by atoms with van der Waals surface area (Å²) in [7, 11) is 0. The van der Waals surface area contributed by atoms with Crippen molar-refractivity contribution in [2.75, 3.05) is 13.1 Å². The summed E-state index contributed by atoms with van der Waals surface area (Å²) in [6.07, 6.45) is -3.56. The van der Waals surface area contributed by atoms with Crippen LogP contribution in [-0.2, 0) is 6.42 Å². The number of rotatable bonds is 2. The van der Waals surface area contributed by atoms with Gasteiger partial charge in [-0.05, 0) is 19.4 Å². The molecular weight excluding hydrogens is 223 g/mol. The maximum Gasteiger partial charge on any atom is 0.396 e. The van der Waals surface area contributed by atoms with Crippen LogP contribution in [0.25, 0.3) is 0 Å². The molecule has 0 saturated carbocycles. The molecule has 7 heteroatoms. The van der Waals surface area contributed by atoms with Crippen molar-refractivity contribution in [1.82, 2.24) is 15.5 Å². The average molecular weight is 235 g/mol. The smallest absolute Gasteiger partial charge is 0.339 e. The van der Waals surface area contributed by atoms with Gasteiger partial charge >= 0.3 is 6.18 Å². The second-order valence-electron chi connectivity index (χ2n) is 3.88. The van der Waals surface area contributed by atoms with Crippen LogP contribution < -0.4 is 5.32 Å². The van der Waals surface area contributed by atoms with Crippen molar-refractivity contribution in [3.63, 3.8) is 0 Å². The highest BCUT2D eigenvalue weighted by Gasteiger charge is 2.31. The molecule has 1 atom stereocenters. The normalized spacial score (nSPS) is 22.3. The van der Waals surface area contributed by atoms with Crippen molar-refractivity contribution in [2.45, 2.75) is 31.4 Å². The highest BCUT2D eigenvalue weighted by Crippen LogP contribution is 2.24. The molecule has 0 amide bonds. The summed E-state index contributed by atoms with van der Waals surface area (Å²) in [5, 5.41) is 6.48. The molecule has 16 heavy (non-hydrogen) atoms. The van der Waals surface area contributed by atoms with Crippen LogP contribution in [0.5, 0.6) is 0 Å². The van der Waals surface area contributed by atoms with Gasteiger partial charge in [0.25, 0.3) is 0 Å². The maximum atomic E-state index is 12.1. The Hall–Kier alpha value is -1.11. The molecule has 4 nitrogen and oxygen atoms in total. The largest absolute Gasteiger partial charge is 0.396 e. The number of piperidine rings is 1. The van der Waals surface area contributed by atoms with Gasteiger partial charge in [-0.15, -0.1) is 0 Å². The molecule has 90 valence electrons. The Morgan fingerprint density at radius 3 is 2.88 bits per heavy atom. The van der Waals surface area contributed by atoms with Crippen LogP contribution in [0, 0.1) is 0 Å². The lowest BCUT2D eigenvalue weighted by Crippen LogP contribution is -2.28. The Bertz CT molecular complexity index is 344. The summed E-state index contributed by atoms with van der Waals surface area (Å²) in [6, 6.07) is 0. The van der Waals surface area contributed by atoms with E-state index in [-0.39, 0.29) is 11.7 Å². The van der Waals surface area contributed by atoms with Crippen molar-refractivity contribution in [1.29, 1.82) is 0 Å². The number of halogens is 3. The van der Waals surface area contributed by atoms with Crippen LogP contribution in [0.4, 0.5) is 13.2 Å². The van der Waals surface area contributed by atoms with Crippen molar-refractivity contribution in [2.24, 2.45) is 0 Å². The Balaban J connectivity index is 2.01. The number of hydrogen-bond donors (Lipinski definition) is 1. The first-order chi connectivity index (χ1) is 7.54. The molecule has 1 fully saturated rings. The summed E-state index contributed by atoms with van der Waals surface area (Å²) in [6.45, 7) is 1.62. The van der Waals surface area contributed by atoms with E-state index >= 15 is 0 Å². The monoisotopic (exact) mass is 235 g/mol. The zero-order valence-electron chi connectivity index (χ0n) is 8.55. The van der Waals surface area contributed by atoms with E-state index in [0.29, 0.717) is 12.4 Å². The molecule has 0 spiro atoms. The van der Waals surface area contributed by atoms with Crippen LogP contribution in [0.2, 0.25) is 0 Å². The molecule has 0 aliphatic carbocycles. The Kier molecular flexibility index (Phi) is 3.13. The summed E-state index contributed by atoms with van der Waals surface area (Å²) in [5.74, 6) is 0.0720. The van der Waals surface area contributed by atoms with Gasteiger partial charge in [-0.2, -0.15) is 18.2 Å². The number of nitrogens with zero attached hydrogens (tertiary/aromatic N) is 2. The molecule has 1 aliphatic rings. The first-order valence-corrected chi connectivity index (χ1v) is 5.14. The first-order valence-electron chi connectivity index (χ1n) is 5.14. The summed E-state index contributed by atoms with van der Waals surface area (Å²) < 4.78 is 41.0. The average Bonchev–Trinajstić information content (AvgIpc) is 2.65. The van der Waals surface area contributed by atoms with Gasteiger partial charge in [-0.1, -0.05) is 5.16 Å². The van der Waals surface area contributed by atoms with E-state index in [4.69, 9.17) is 4.52 Å². The Labute approximate surface area is 90.2 Å². The molecule has 1 saturated heterocycles. The van der Waals surface area contributed by atoms with Crippen LogP contribution in [0.1, 0.15) is 30.5 Å². The minimum atomic E-state index is -4.29. The SMILES string of the molecule is FC(F)(F)Cc1noc([C@@H]2CCCNC2)n1. The molecule has 0 unspecified atom stereocenters. The molecular formula is C9H12F3N3O. The van der Waals surface area contributed by atoms with E-state index < -0.39 is 12.6 Å². The number of hydrogen-bond acceptors (Lipinski definition) is 4. The molecule has 1 aliphatic heterocycles. The molecule has 1 aromatic rings. The second-order valence-corrected chi connectivity index (χ2v) is 3.88. The lowest BCUT2D eigenvalue weighted by Gasteiger charge is -2.18. The van der Waals surface area contributed by atoms with E-state index in [1.165, 1.54) is 0 Å². The first kappa shape index (κ1) is 11.4. The van der Waals surface area contributed by atoms with E-state index in [9.17, 15) is 13.2 Å². The minimum Gasteiger partial charge on any atom is -0.339 e. The van der Waals surface area contributed by atoms with Gasteiger partial charge in [-0.25, -0.2) is 0 Å². The predicted molar refractivity (Wildman–Crippen MR) is 48.9 cm³/mol. The third-order valence-electron chi connectivity index (χ3n) is 2.49. The van der Waals surface area contributed by atoms with E-state index in [1.807, 2.05) is 0 Å². The number of alkyl halides is 3. The Morgan fingerprint density at radius 2 is 2.25 bits per heavy atom. The maximum absolute atomic E-state index is 12.1. The fraction of sp³-hybridized carbons (Fsp3) is 0.778. The van der Waals surface area contributed by atoms with Crippen molar-refractivity contribution < 1.29 is 17.7 Å². The van der Waals surface area contributed by atoms with Gasteiger partial charge in [-0.3, -0.25) is 0 Å². The molecule has 2 heterocycles. The molecule has 1 N–H and O–H groups in total. The minimum absolute atomic E-state index is 0.0447. The lowest BCUT2D eigenvalue weighted by molar-refractivity contribution is -0.128. The summed E-state index contributed by atoms with van der Waals surface area (Å²) in [4.78, 5) is 3.78. The zero-order valence-corrected chi connectivity index (χ0v) is 8.55. The molecule has 2 rings (SSSR count). The van der Waals surface area contributed by atoms with Crippen LogP contribution in [0.15, 0.2) is 4.52 Å². The van der Waals surface area contributed by atoms with E-state index in [0.717, 1.165) is 19.4 Å². The standard InChI is InChI=1S/C9H12F3N3O/c10-9(11,12)4-7-14-8(16-15-7)6-2-1-3-13-5-6/h6,13H,1-5H2/t6-/m1/s1. The lowest BCUT2D eigenvalue weighted by atomic mass is 10.00. The van der Waals surface area contributed by atoms with E-state index in [1.54, 1.807) is 0 Å². The topological polar surface area (TPSA) is 51.0 Å². The number of nitrogens with one attached hydrogen (secondary N) is 1. The Morgan fingerprint density at radius 1 is 1.44 bits per heavy atom. The van der Waals surface area contributed by atoms with Gasteiger partial charge in [0.2, 0.25) is 5.89 Å². The molecule has 0 radical (unpaired) electrons. The van der Waals surface area contributed by atoms with Gasteiger partial charge < -0.3 is 9.84 Å². The zero-order chi connectivity index (χ0) is 11.6. The highest BCUT2D eigenvalue weighted by molar-refractivity contribution is 4.97. The quantitative estimate of drug-likeness (QED) is 0.846. The predicted octanol–water partition coefficient (Wildman–Crippen LogP) is 1.64. The molecule has 0 aromatic carbocycles. The summed E-state index contributed by atoms with van der Waals surface area (Å²) >= 11 is 0. The van der Waals surface area contributed by atoms with Crippen LogP contribution >= 0.6 is 0 Å². The van der Waals surface area contributed by atoms with Crippen molar-refractivity contribution in [3.8, 4) is 0 Å². The van der Waals surface area contributed by atoms with Gasteiger partial charge in [0.15, 0.2) is 5.82 Å². The molecule has 0 bridgehead atoms. The summed E-state index contributed by atoms with van der Waals surface area (Å²) in [5.41, 5.74) is 0. The second kappa shape index (κ2) is 4.40. The fourth-order valence-corrected chi connectivity index (χ4v) is 1.75. The third kappa shape index (κ3) is 2.94. The van der Waals surface area contributed by atoms with Crippen molar-refractivity contribution >= 4 is 0 Å². The van der Waals surface area contributed by atoms with Crippen LogP contribution in [-0.4, -0.2) is 29.4 Å². The fourth-order valence-electron chi connectivity index (χ4n) is 1.75. The van der Waals surface area contributed by atoms with Gasteiger partial charge in [0.1, 0.15) is 6.42 Å². The highest BCUT2D eigenvalue weighted by atomic mass is 19.4. The molecule has 1 aromatic heterocycles. The van der Waals surface area contributed by atoms with Gasteiger partial charge in [0, 0.05) is 6.54 Å². The van der Waals surface area contributed by atoms with Crippen LogP contribution in [0.3, 0.4) is 0 Å².